The smallest absolute Gasteiger partial charge is 0.255 e. The molecule has 11 heteroatoms. The summed E-state index contributed by atoms with van der Waals surface area (Å²) >= 11 is 1.27. The highest BCUT2D eigenvalue weighted by Crippen LogP contribution is 2.54. The van der Waals surface area contributed by atoms with Crippen molar-refractivity contribution >= 4 is 32.4 Å². The standard InChI is InChI=1S/C23H23N5O4S2/c1-2-32-20-11-24-10-18(25-20)14-3-6-17-15(9-14)12-28(21(17)29)23(7-8-23)19-13-33-22(26-19)27-34(30,31)16-4-5-16/h3,6,9-11,13,16H,2,4-5,7-8,12H2,1H3,(H,26,27). The molecule has 0 saturated heterocycles. The van der Waals surface area contributed by atoms with Crippen LogP contribution in [0, 0.1) is 0 Å². The molecular weight excluding hydrogens is 474 g/mol. The van der Waals surface area contributed by atoms with Crippen LogP contribution in [-0.2, 0) is 22.1 Å². The fourth-order valence-electron chi connectivity index (χ4n) is 4.43. The molecule has 2 aromatic heterocycles. The van der Waals surface area contributed by atoms with E-state index >= 15 is 0 Å². The lowest BCUT2D eigenvalue weighted by Crippen LogP contribution is -2.35. The van der Waals surface area contributed by atoms with Crippen LogP contribution in [-0.4, -0.2) is 46.0 Å². The first kappa shape index (κ1) is 21.5. The van der Waals surface area contributed by atoms with Crippen molar-refractivity contribution in [2.24, 2.45) is 0 Å². The molecule has 9 nitrogen and oxygen atoms in total. The number of hydrogen-bond acceptors (Lipinski definition) is 8. The number of carbonyl (C=O) groups is 1. The zero-order valence-corrected chi connectivity index (χ0v) is 20.2. The second kappa shape index (κ2) is 7.74. The maximum absolute atomic E-state index is 13.3. The molecule has 0 unspecified atom stereocenters. The fourth-order valence-corrected chi connectivity index (χ4v) is 6.83. The minimum Gasteiger partial charge on any atom is -0.477 e. The summed E-state index contributed by atoms with van der Waals surface area (Å²) in [5.74, 6) is 0.438. The molecule has 0 spiro atoms. The molecule has 6 rings (SSSR count). The zero-order valence-electron chi connectivity index (χ0n) is 18.5. The number of nitrogens with one attached hydrogen (secondary N) is 1. The molecule has 3 aromatic rings. The Labute approximate surface area is 201 Å². The van der Waals surface area contributed by atoms with Crippen LogP contribution in [0.15, 0.2) is 36.0 Å². The molecule has 1 aliphatic heterocycles. The molecule has 1 amide bonds. The van der Waals surface area contributed by atoms with Gasteiger partial charge < -0.3 is 9.64 Å². The van der Waals surface area contributed by atoms with E-state index in [0.717, 1.165) is 29.7 Å². The Hall–Kier alpha value is -3.05. The van der Waals surface area contributed by atoms with Gasteiger partial charge in [0.25, 0.3) is 5.91 Å². The Bertz CT molecular complexity index is 1400. The monoisotopic (exact) mass is 497 g/mol. The van der Waals surface area contributed by atoms with Crippen molar-refractivity contribution in [2.75, 3.05) is 11.3 Å². The first-order chi connectivity index (χ1) is 16.4. The van der Waals surface area contributed by atoms with Crippen molar-refractivity contribution in [3.05, 3.63) is 52.8 Å². The number of thiazole rings is 1. The van der Waals surface area contributed by atoms with Crippen molar-refractivity contribution in [3.8, 4) is 17.1 Å². The number of carbonyl (C=O) groups excluding carboxylic acids is 1. The molecule has 3 heterocycles. The maximum Gasteiger partial charge on any atom is 0.255 e. The van der Waals surface area contributed by atoms with E-state index in [0.29, 0.717) is 48.3 Å². The number of nitrogens with zero attached hydrogens (tertiary/aromatic N) is 4. The summed E-state index contributed by atoms with van der Waals surface area (Å²) in [6.45, 7) is 2.88. The number of fused-ring (bicyclic) bond motifs is 1. The van der Waals surface area contributed by atoms with Crippen LogP contribution in [0.4, 0.5) is 5.13 Å². The lowest BCUT2D eigenvalue weighted by atomic mass is 10.0. The van der Waals surface area contributed by atoms with E-state index < -0.39 is 15.6 Å². The van der Waals surface area contributed by atoms with Crippen molar-refractivity contribution in [2.45, 2.75) is 49.9 Å². The average molecular weight is 498 g/mol. The van der Waals surface area contributed by atoms with Gasteiger partial charge in [-0.05, 0) is 50.3 Å². The van der Waals surface area contributed by atoms with E-state index in [4.69, 9.17) is 4.74 Å². The second-order valence-corrected chi connectivity index (χ2v) is 11.7. The van der Waals surface area contributed by atoms with Crippen molar-refractivity contribution in [1.82, 2.24) is 19.9 Å². The van der Waals surface area contributed by atoms with E-state index in [1.165, 1.54) is 11.3 Å². The number of rotatable bonds is 8. The number of ether oxygens (including phenoxy) is 1. The quantitative estimate of drug-likeness (QED) is 0.506. The number of benzene rings is 1. The van der Waals surface area contributed by atoms with Gasteiger partial charge in [0, 0.05) is 23.1 Å². The molecule has 2 aliphatic carbocycles. The third-order valence-electron chi connectivity index (χ3n) is 6.52. The molecule has 2 fully saturated rings. The number of anilines is 1. The van der Waals surface area contributed by atoms with Gasteiger partial charge in [-0.3, -0.25) is 14.5 Å². The molecule has 2 saturated carbocycles. The van der Waals surface area contributed by atoms with E-state index in [-0.39, 0.29) is 11.2 Å². The van der Waals surface area contributed by atoms with Crippen molar-refractivity contribution in [1.29, 1.82) is 0 Å². The van der Waals surface area contributed by atoms with Crippen LogP contribution >= 0.6 is 11.3 Å². The summed E-state index contributed by atoms with van der Waals surface area (Å²) in [7, 11) is -3.37. The maximum atomic E-state index is 13.3. The van der Waals surface area contributed by atoms with Crippen molar-refractivity contribution < 1.29 is 17.9 Å². The largest absolute Gasteiger partial charge is 0.477 e. The first-order valence-electron chi connectivity index (χ1n) is 11.3. The second-order valence-electron chi connectivity index (χ2n) is 8.85. The first-order valence-corrected chi connectivity index (χ1v) is 13.7. The molecule has 34 heavy (non-hydrogen) atoms. The number of amides is 1. The van der Waals surface area contributed by atoms with E-state index in [1.54, 1.807) is 12.4 Å². The summed E-state index contributed by atoms with van der Waals surface area (Å²) in [6.07, 6.45) is 6.26. The Morgan fingerprint density at radius 1 is 1.24 bits per heavy atom. The highest BCUT2D eigenvalue weighted by molar-refractivity contribution is 7.93. The lowest BCUT2D eigenvalue weighted by Gasteiger charge is -2.26. The predicted molar refractivity (Wildman–Crippen MR) is 127 cm³/mol. The number of hydrogen-bond donors (Lipinski definition) is 1. The van der Waals surface area contributed by atoms with Gasteiger partial charge in [0.1, 0.15) is 0 Å². The minimum absolute atomic E-state index is 0.0266. The van der Waals surface area contributed by atoms with Gasteiger partial charge in [0.2, 0.25) is 15.9 Å². The molecule has 1 N–H and O–H groups in total. The van der Waals surface area contributed by atoms with Crippen LogP contribution in [0.25, 0.3) is 11.3 Å². The third-order valence-corrected chi connectivity index (χ3v) is 9.24. The molecule has 0 radical (unpaired) electrons. The average Bonchev–Trinajstić information content (AvgIpc) is 3.75. The SMILES string of the molecule is CCOc1cncc(-c2ccc3c(c2)CN(C2(c4csc(NS(=O)(=O)C5CC5)n4)CC2)C3=O)n1. The van der Waals surface area contributed by atoms with Crippen LogP contribution in [0.2, 0.25) is 0 Å². The number of aromatic nitrogens is 3. The highest BCUT2D eigenvalue weighted by Gasteiger charge is 2.55. The molecule has 0 atom stereocenters. The van der Waals surface area contributed by atoms with Gasteiger partial charge in [-0.25, -0.2) is 18.4 Å². The Morgan fingerprint density at radius 3 is 2.79 bits per heavy atom. The number of sulfonamides is 1. The van der Waals surface area contributed by atoms with Crippen LogP contribution in [0.3, 0.4) is 0 Å². The molecule has 3 aliphatic rings. The van der Waals surface area contributed by atoms with Crippen molar-refractivity contribution in [3.63, 3.8) is 0 Å². The molecule has 0 bridgehead atoms. The van der Waals surface area contributed by atoms with Crippen LogP contribution in [0.1, 0.15) is 54.2 Å². The van der Waals surface area contributed by atoms with E-state index in [9.17, 15) is 13.2 Å². The third kappa shape index (κ3) is 3.63. The summed E-state index contributed by atoms with van der Waals surface area (Å²) in [6, 6.07) is 5.71. The molecule has 1 aromatic carbocycles. The van der Waals surface area contributed by atoms with E-state index in [1.807, 2.05) is 35.4 Å². The zero-order chi connectivity index (χ0) is 23.5. The summed E-state index contributed by atoms with van der Waals surface area (Å²) < 4.78 is 32.6. The highest BCUT2D eigenvalue weighted by atomic mass is 32.2. The van der Waals surface area contributed by atoms with Crippen LogP contribution in [0.5, 0.6) is 5.88 Å². The molecule has 176 valence electrons. The van der Waals surface area contributed by atoms with Gasteiger partial charge in [0.05, 0.1) is 41.2 Å². The summed E-state index contributed by atoms with van der Waals surface area (Å²) in [4.78, 5) is 28.5. The Morgan fingerprint density at radius 2 is 2.06 bits per heavy atom. The fraction of sp³-hybridized carbons (Fsp3) is 0.391. The van der Waals surface area contributed by atoms with Gasteiger partial charge in [0.15, 0.2) is 5.13 Å². The summed E-state index contributed by atoms with van der Waals surface area (Å²) in [5.41, 5.74) is 3.44. The predicted octanol–water partition coefficient (Wildman–Crippen LogP) is 3.55. The Balaban J connectivity index is 1.25. The topological polar surface area (TPSA) is 114 Å². The normalized spacial score (nSPS) is 18.6. The van der Waals surface area contributed by atoms with Gasteiger partial charge in [-0.2, -0.15) is 0 Å². The molecular formula is C23H23N5O4S2. The van der Waals surface area contributed by atoms with Gasteiger partial charge in [-0.15, -0.1) is 11.3 Å². The van der Waals surface area contributed by atoms with Gasteiger partial charge in [-0.1, -0.05) is 6.07 Å². The Kier molecular flexibility index (Phi) is 4.89. The van der Waals surface area contributed by atoms with Crippen LogP contribution < -0.4 is 9.46 Å². The van der Waals surface area contributed by atoms with E-state index in [2.05, 4.69) is 19.7 Å². The lowest BCUT2D eigenvalue weighted by molar-refractivity contribution is 0.0665. The summed E-state index contributed by atoms with van der Waals surface area (Å²) in [5, 5.41) is 1.93. The van der Waals surface area contributed by atoms with Gasteiger partial charge >= 0.3 is 0 Å². The minimum atomic E-state index is -3.37.